The molecule has 17 heavy (non-hydrogen) atoms. The minimum Gasteiger partial charge on any atom is -0.263 e. The van der Waals surface area contributed by atoms with Crippen LogP contribution in [-0.2, 0) is 6.42 Å². The van der Waals surface area contributed by atoms with Crippen molar-refractivity contribution in [2.75, 3.05) is 0 Å². The quantitative estimate of drug-likeness (QED) is 0.888. The van der Waals surface area contributed by atoms with Gasteiger partial charge < -0.3 is 0 Å². The van der Waals surface area contributed by atoms with Crippen LogP contribution in [0.2, 0.25) is 0 Å². The van der Waals surface area contributed by atoms with E-state index < -0.39 is 11.6 Å². The van der Waals surface area contributed by atoms with Crippen LogP contribution in [0.5, 0.6) is 0 Å². The molecule has 1 aromatic heterocycles. The van der Waals surface area contributed by atoms with Gasteiger partial charge in [-0.05, 0) is 30.5 Å². The molecule has 0 bridgehead atoms. The van der Waals surface area contributed by atoms with Gasteiger partial charge in [0.1, 0.15) is 5.82 Å². The Morgan fingerprint density at radius 3 is 2.76 bits per heavy atom. The minimum absolute atomic E-state index is 0.441. The Morgan fingerprint density at radius 2 is 2.06 bits per heavy atom. The molecule has 3 rings (SSSR count). The minimum atomic E-state index is -0.829. The molecule has 88 valence electrons. The van der Waals surface area contributed by atoms with Crippen molar-refractivity contribution in [1.82, 2.24) is 15.2 Å². The predicted octanol–water partition coefficient (Wildman–Crippen LogP) is 2.55. The zero-order valence-electron chi connectivity index (χ0n) is 9.08. The van der Waals surface area contributed by atoms with Gasteiger partial charge in [0.2, 0.25) is 0 Å². The highest BCUT2D eigenvalue weighted by molar-refractivity contribution is 5.21. The normalized spacial score (nSPS) is 15.2. The summed E-state index contributed by atoms with van der Waals surface area (Å²) in [4.78, 5) is 4.34. The van der Waals surface area contributed by atoms with Gasteiger partial charge in [-0.2, -0.15) is 5.10 Å². The molecule has 0 radical (unpaired) electrons. The van der Waals surface area contributed by atoms with Crippen molar-refractivity contribution in [2.45, 2.75) is 25.2 Å². The number of nitrogens with zero attached hydrogens (tertiary/aromatic N) is 2. The zero-order chi connectivity index (χ0) is 11.8. The fourth-order valence-electron chi connectivity index (χ4n) is 1.76. The predicted molar refractivity (Wildman–Crippen MR) is 57.5 cm³/mol. The third kappa shape index (κ3) is 2.18. The second kappa shape index (κ2) is 3.91. The smallest absolute Gasteiger partial charge is 0.159 e. The van der Waals surface area contributed by atoms with Crippen LogP contribution in [0.1, 0.15) is 36.0 Å². The average Bonchev–Trinajstić information content (AvgIpc) is 3.06. The van der Waals surface area contributed by atoms with Crippen molar-refractivity contribution in [3.8, 4) is 0 Å². The van der Waals surface area contributed by atoms with E-state index in [1.54, 1.807) is 6.07 Å². The molecule has 0 saturated heterocycles. The molecule has 0 unspecified atom stereocenters. The number of H-pyrrole nitrogens is 1. The number of hydrogen-bond donors (Lipinski definition) is 1. The summed E-state index contributed by atoms with van der Waals surface area (Å²) in [5.41, 5.74) is 0.683. The summed E-state index contributed by atoms with van der Waals surface area (Å²) >= 11 is 0. The van der Waals surface area contributed by atoms with Crippen LogP contribution < -0.4 is 0 Å². The SMILES string of the molecule is Fc1ccc(Cc2nc(C3CC3)n[nH]2)cc1F. The van der Waals surface area contributed by atoms with Gasteiger partial charge in [-0.1, -0.05) is 6.07 Å². The number of halogens is 2. The fraction of sp³-hybridized carbons (Fsp3) is 0.333. The van der Waals surface area contributed by atoms with Gasteiger partial charge in [-0.15, -0.1) is 0 Å². The molecule has 1 saturated carbocycles. The van der Waals surface area contributed by atoms with E-state index in [2.05, 4.69) is 15.2 Å². The van der Waals surface area contributed by atoms with E-state index in [4.69, 9.17) is 0 Å². The van der Waals surface area contributed by atoms with Crippen LogP contribution in [-0.4, -0.2) is 15.2 Å². The molecule has 1 fully saturated rings. The zero-order valence-corrected chi connectivity index (χ0v) is 9.08. The molecule has 0 amide bonds. The van der Waals surface area contributed by atoms with Crippen LogP contribution in [0.15, 0.2) is 18.2 Å². The van der Waals surface area contributed by atoms with Gasteiger partial charge in [0.05, 0.1) is 0 Å². The van der Waals surface area contributed by atoms with Crippen molar-refractivity contribution < 1.29 is 8.78 Å². The van der Waals surface area contributed by atoms with Gasteiger partial charge in [0.25, 0.3) is 0 Å². The molecular weight excluding hydrogens is 224 g/mol. The maximum atomic E-state index is 13.0. The van der Waals surface area contributed by atoms with Crippen molar-refractivity contribution >= 4 is 0 Å². The van der Waals surface area contributed by atoms with Gasteiger partial charge in [0, 0.05) is 12.3 Å². The molecule has 3 nitrogen and oxygen atoms in total. The number of aromatic nitrogens is 3. The van der Waals surface area contributed by atoms with Crippen LogP contribution >= 0.6 is 0 Å². The summed E-state index contributed by atoms with van der Waals surface area (Å²) < 4.78 is 25.7. The molecule has 2 aromatic rings. The van der Waals surface area contributed by atoms with Crippen LogP contribution in [0.3, 0.4) is 0 Å². The standard InChI is InChI=1S/C12H11F2N3/c13-9-4-1-7(5-10(9)14)6-11-15-12(17-16-11)8-2-3-8/h1,4-5,8H,2-3,6H2,(H,15,16,17). The Morgan fingerprint density at radius 1 is 1.24 bits per heavy atom. The van der Waals surface area contributed by atoms with Crippen molar-refractivity contribution in [3.63, 3.8) is 0 Å². The third-order valence-electron chi connectivity index (χ3n) is 2.85. The lowest BCUT2D eigenvalue weighted by Crippen LogP contribution is -1.93. The largest absolute Gasteiger partial charge is 0.263 e. The average molecular weight is 235 g/mol. The van der Waals surface area contributed by atoms with E-state index in [1.807, 2.05) is 0 Å². The van der Waals surface area contributed by atoms with Crippen molar-refractivity contribution in [2.24, 2.45) is 0 Å². The number of hydrogen-bond acceptors (Lipinski definition) is 2. The first-order chi connectivity index (χ1) is 8.22. The molecule has 5 heteroatoms. The van der Waals surface area contributed by atoms with Crippen LogP contribution in [0.4, 0.5) is 8.78 Å². The molecule has 1 N–H and O–H groups in total. The summed E-state index contributed by atoms with van der Waals surface area (Å²) in [5, 5.41) is 6.94. The molecule has 0 aliphatic heterocycles. The van der Waals surface area contributed by atoms with Crippen molar-refractivity contribution in [3.05, 3.63) is 47.0 Å². The highest BCUT2D eigenvalue weighted by atomic mass is 19.2. The summed E-state index contributed by atoms with van der Waals surface area (Å²) in [7, 11) is 0. The lowest BCUT2D eigenvalue weighted by molar-refractivity contribution is 0.507. The molecule has 0 spiro atoms. The number of rotatable bonds is 3. The maximum Gasteiger partial charge on any atom is 0.159 e. The Bertz CT molecular complexity index is 546. The Labute approximate surface area is 96.9 Å². The second-order valence-corrected chi connectivity index (χ2v) is 4.34. The summed E-state index contributed by atoms with van der Waals surface area (Å²) in [6, 6.07) is 3.87. The first-order valence-electron chi connectivity index (χ1n) is 5.57. The lowest BCUT2D eigenvalue weighted by atomic mass is 10.1. The first kappa shape index (κ1) is 10.4. The van der Waals surface area contributed by atoms with E-state index in [-0.39, 0.29) is 0 Å². The molecule has 1 aliphatic carbocycles. The summed E-state index contributed by atoms with van der Waals surface area (Å²) in [5.74, 6) is 0.361. The van der Waals surface area contributed by atoms with E-state index in [0.717, 1.165) is 24.7 Å². The van der Waals surface area contributed by atoms with Gasteiger partial charge in [-0.3, -0.25) is 5.10 Å². The van der Waals surface area contributed by atoms with Gasteiger partial charge >= 0.3 is 0 Å². The Hall–Kier alpha value is -1.78. The highest BCUT2D eigenvalue weighted by Gasteiger charge is 2.27. The summed E-state index contributed by atoms with van der Waals surface area (Å²) in [6.45, 7) is 0. The van der Waals surface area contributed by atoms with E-state index in [0.29, 0.717) is 23.7 Å². The highest BCUT2D eigenvalue weighted by Crippen LogP contribution is 2.37. The second-order valence-electron chi connectivity index (χ2n) is 4.34. The number of nitrogens with one attached hydrogen (secondary N) is 1. The first-order valence-corrected chi connectivity index (χ1v) is 5.57. The molecule has 1 aliphatic rings. The monoisotopic (exact) mass is 235 g/mol. The fourth-order valence-corrected chi connectivity index (χ4v) is 1.76. The van der Waals surface area contributed by atoms with Crippen LogP contribution in [0, 0.1) is 11.6 Å². The van der Waals surface area contributed by atoms with Crippen molar-refractivity contribution in [1.29, 1.82) is 0 Å². The third-order valence-corrected chi connectivity index (χ3v) is 2.85. The number of benzene rings is 1. The number of aromatic amines is 1. The van der Waals surface area contributed by atoms with E-state index in [9.17, 15) is 8.78 Å². The molecule has 0 atom stereocenters. The molecular formula is C12H11F2N3. The Kier molecular flexibility index (Phi) is 2.39. The van der Waals surface area contributed by atoms with E-state index >= 15 is 0 Å². The maximum absolute atomic E-state index is 13.0. The Balaban J connectivity index is 1.78. The van der Waals surface area contributed by atoms with E-state index in [1.165, 1.54) is 6.07 Å². The lowest BCUT2D eigenvalue weighted by Gasteiger charge is -1.98. The molecule has 1 aromatic carbocycles. The van der Waals surface area contributed by atoms with Crippen LogP contribution in [0.25, 0.3) is 0 Å². The van der Waals surface area contributed by atoms with Gasteiger partial charge in [0.15, 0.2) is 17.5 Å². The topological polar surface area (TPSA) is 41.6 Å². The van der Waals surface area contributed by atoms with Gasteiger partial charge in [-0.25, -0.2) is 13.8 Å². The summed E-state index contributed by atoms with van der Waals surface area (Å²) in [6.07, 6.45) is 2.72. The molecule has 1 heterocycles.